The van der Waals surface area contributed by atoms with Crippen LogP contribution in [0.15, 0.2) is 121 Å². The minimum atomic E-state index is -0.111. The number of anilines is 1. The number of rotatable bonds is 10. The van der Waals surface area contributed by atoms with Crippen LogP contribution in [0.25, 0.3) is 11.3 Å². The molecule has 320 valence electrons. The summed E-state index contributed by atoms with van der Waals surface area (Å²) in [6.07, 6.45) is 3.52. The highest BCUT2D eigenvalue weighted by molar-refractivity contribution is 6.31. The molecule has 3 aliphatic heterocycles. The van der Waals surface area contributed by atoms with E-state index < -0.39 is 0 Å². The highest BCUT2D eigenvalue weighted by Gasteiger charge is 2.31. The van der Waals surface area contributed by atoms with Crippen molar-refractivity contribution in [2.45, 2.75) is 58.8 Å². The van der Waals surface area contributed by atoms with Crippen LogP contribution < -0.4 is 14.4 Å². The van der Waals surface area contributed by atoms with Crippen molar-refractivity contribution in [2.24, 2.45) is 0 Å². The van der Waals surface area contributed by atoms with Crippen molar-refractivity contribution >= 4 is 29.1 Å². The lowest BCUT2D eigenvalue weighted by Crippen LogP contribution is -2.36. The maximum atomic E-state index is 15.1. The van der Waals surface area contributed by atoms with E-state index in [1.54, 1.807) is 13.2 Å². The number of morpholine rings is 1. The third-order valence-corrected chi connectivity index (χ3v) is 12.4. The molecule has 0 atom stereocenters. The van der Waals surface area contributed by atoms with Crippen LogP contribution in [0.1, 0.15) is 67.1 Å². The van der Waals surface area contributed by atoms with Crippen LogP contribution in [-0.4, -0.2) is 73.2 Å². The normalized spacial score (nSPS) is 14.8. The van der Waals surface area contributed by atoms with Crippen LogP contribution in [0.4, 0.5) is 5.69 Å². The van der Waals surface area contributed by atoms with Gasteiger partial charge in [0.05, 0.1) is 32.4 Å². The topological polar surface area (TPSA) is 76.5 Å². The minimum absolute atomic E-state index is 0.0369. The number of amides is 2. The second-order valence-corrected chi connectivity index (χ2v) is 16.7. The van der Waals surface area contributed by atoms with Crippen molar-refractivity contribution in [1.82, 2.24) is 14.4 Å². The first-order chi connectivity index (χ1) is 30.3. The number of halogens is 1. The summed E-state index contributed by atoms with van der Waals surface area (Å²) in [5.41, 5.74) is 10.0. The van der Waals surface area contributed by atoms with Gasteiger partial charge in [0.15, 0.2) is 0 Å². The number of nitrogens with zero attached hydrogens (tertiary/aromatic N) is 4. The monoisotopic (exact) mass is 850 g/mol. The number of likely N-dealkylation sites (N-methyl/N-ethyl adjacent to an activating group) is 1. The molecule has 4 heterocycles. The van der Waals surface area contributed by atoms with Gasteiger partial charge in [0, 0.05) is 65.9 Å². The summed E-state index contributed by atoms with van der Waals surface area (Å²) in [7, 11) is 3.78. The third-order valence-electron chi connectivity index (χ3n) is 12.2. The van der Waals surface area contributed by atoms with Crippen molar-refractivity contribution in [3.05, 3.63) is 171 Å². The van der Waals surface area contributed by atoms with Crippen LogP contribution in [0.3, 0.4) is 0 Å². The van der Waals surface area contributed by atoms with E-state index >= 15 is 4.79 Å². The van der Waals surface area contributed by atoms with Gasteiger partial charge in [-0.2, -0.15) is 0 Å². The molecule has 10 heteroatoms. The zero-order valence-corrected chi connectivity index (χ0v) is 36.7. The number of fused-ring (bicyclic) bond motifs is 2. The molecule has 0 aliphatic carbocycles. The summed E-state index contributed by atoms with van der Waals surface area (Å²) < 4.78 is 19.1. The van der Waals surface area contributed by atoms with Crippen LogP contribution in [0.5, 0.6) is 11.5 Å². The molecule has 3 aliphatic rings. The molecule has 5 aromatic carbocycles. The summed E-state index contributed by atoms with van der Waals surface area (Å²) in [6, 6.07) is 39.5. The molecular weight excluding hydrogens is 796 g/mol. The summed E-state index contributed by atoms with van der Waals surface area (Å²) >= 11 is 6.68. The third kappa shape index (κ3) is 9.76. The summed E-state index contributed by atoms with van der Waals surface area (Å²) in [5.74, 6) is 1.34. The van der Waals surface area contributed by atoms with Crippen molar-refractivity contribution in [1.29, 1.82) is 0 Å². The fourth-order valence-corrected chi connectivity index (χ4v) is 8.78. The van der Waals surface area contributed by atoms with E-state index in [0.29, 0.717) is 42.4 Å². The predicted molar refractivity (Wildman–Crippen MR) is 246 cm³/mol. The number of carbonyl (C=O) groups is 2. The Labute approximate surface area is 370 Å². The molecule has 62 heavy (non-hydrogen) atoms. The lowest BCUT2D eigenvalue weighted by molar-refractivity contribution is 0.0503. The van der Waals surface area contributed by atoms with Crippen molar-refractivity contribution in [3.63, 3.8) is 0 Å². The largest absolute Gasteiger partial charge is 0.496 e. The molecule has 0 N–H and O–H groups in total. The van der Waals surface area contributed by atoms with Gasteiger partial charge < -0.3 is 33.5 Å². The molecule has 6 aromatic rings. The Bertz CT molecular complexity index is 2500. The number of ether oxygens (including phenoxy) is 3. The molecule has 0 unspecified atom stereocenters. The van der Waals surface area contributed by atoms with Crippen molar-refractivity contribution in [2.75, 3.05) is 51.9 Å². The van der Waals surface area contributed by atoms with Crippen LogP contribution in [0.2, 0.25) is 5.02 Å². The second-order valence-electron chi connectivity index (χ2n) is 16.3. The number of methoxy groups -OCH3 is 1. The molecule has 0 spiro atoms. The van der Waals surface area contributed by atoms with E-state index in [0.717, 1.165) is 109 Å². The molecule has 1 saturated heterocycles. The average Bonchev–Trinajstić information content (AvgIpc) is 3.71. The van der Waals surface area contributed by atoms with Gasteiger partial charge in [-0.1, -0.05) is 78.3 Å². The first-order valence-corrected chi connectivity index (χ1v) is 22.0. The van der Waals surface area contributed by atoms with Gasteiger partial charge in [-0.3, -0.25) is 9.59 Å². The first kappa shape index (κ1) is 42.8. The van der Waals surface area contributed by atoms with E-state index in [9.17, 15) is 4.79 Å². The molecule has 0 bridgehead atoms. The minimum Gasteiger partial charge on any atom is -0.496 e. The van der Waals surface area contributed by atoms with Crippen molar-refractivity contribution in [3.8, 4) is 22.8 Å². The first-order valence-electron chi connectivity index (χ1n) is 21.6. The maximum Gasteiger partial charge on any atom is 0.260 e. The Kier molecular flexibility index (Phi) is 13.7. The summed E-state index contributed by atoms with van der Waals surface area (Å²) in [4.78, 5) is 35.5. The van der Waals surface area contributed by atoms with E-state index in [2.05, 4.69) is 34.7 Å². The van der Waals surface area contributed by atoms with E-state index in [1.165, 1.54) is 11.1 Å². The summed E-state index contributed by atoms with van der Waals surface area (Å²) in [6.45, 7) is 8.78. The highest BCUT2D eigenvalue weighted by Crippen LogP contribution is 2.37. The number of hydrogen-bond donors (Lipinski definition) is 0. The molecule has 9 nitrogen and oxygen atoms in total. The van der Waals surface area contributed by atoms with E-state index in [4.69, 9.17) is 25.8 Å². The average molecular weight is 851 g/mol. The van der Waals surface area contributed by atoms with Crippen molar-refractivity contribution < 1.29 is 23.8 Å². The molecule has 9 rings (SSSR count). The number of benzene rings is 5. The standard InChI is InChI=1S/C47H44ClN3O4.C5H11NO/c1-32-35(15-10-17-45(32)54-2)30-51(38-19-21-39(22-20-38)55-31-33-11-4-3-5-12-33)47(53)42-28-44(50-25-9-8-16-43(42)50)41-27-37(48)18-23-40(41)46(52)49-26-24-34-13-6-7-14-36(34)29-49;1-6-2-4-7-5-3-6/h3-7,10-15,17-23,27-28H,8-9,16,24-26,29-31H2,1-2H3;2-5H2,1H3. The molecule has 1 fully saturated rings. The lowest BCUT2D eigenvalue weighted by Gasteiger charge is -2.30. The zero-order valence-electron chi connectivity index (χ0n) is 35.9. The summed E-state index contributed by atoms with van der Waals surface area (Å²) in [5, 5.41) is 0.541. The van der Waals surface area contributed by atoms with E-state index in [1.807, 2.05) is 114 Å². The number of aromatic nitrogens is 1. The maximum absolute atomic E-state index is 15.1. The van der Waals surface area contributed by atoms with Gasteiger partial charge in [-0.25, -0.2) is 0 Å². The van der Waals surface area contributed by atoms with Gasteiger partial charge in [-0.15, -0.1) is 0 Å². The fourth-order valence-electron chi connectivity index (χ4n) is 8.61. The Morgan fingerprint density at radius 3 is 2.27 bits per heavy atom. The quantitative estimate of drug-likeness (QED) is 0.137. The fraction of sp³-hybridized carbons (Fsp3) is 0.308. The molecule has 0 radical (unpaired) electrons. The molecule has 0 saturated carbocycles. The highest BCUT2D eigenvalue weighted by atomic mass is 35.5. The molecule has 2 amide bonds. The Morgan fingerprint density at radius 2 is 1.53 bits per heavy atom. The van der Waals surface area contributed by atoms with Crippen LogP contribution >= 0.6 is 11.6 Å². The molecule has 1 aromatic heterocycles. The van der Waals surface area contributed by atoms with Gasteiger partial charge in [0.25, 0.3) is 11.8 Å². The Morgan fingerprint density at radius 1 is 0.774 bits per heavy atom. The van der Waals surface area contributed by atoms with Gasteiger partial charge in [0.2, 0.25) is 0 Å². The van der Waals surface area contributed by atoms with Crippen LogP contribution in [0, 0.1) is 6.92 Å². The molecular formula is C52H55ClN4O5. The van der Waals surface area contributed by atoms with Crippen LogP contribution in [-0.2, 0) is 43.8 Å². The van der Waals surface area contributed by atoms with Gasteiger partial charge in [0.1, 0.15) is 18.1 Å². The number of carbonyl (C=O) groups excluding carboxylic acids is 2. The van der Waals surface area contributed by atoms with E-state index in [-0.39, 0.29) is 11.8 Å². The zero-order chi connectivity index (χ0) is 43.0. The van der Waals surface area contributed by atoms with Gasteiger partial charge in [-0.05, 0) is 122 Å². The SMILES string of the molecule is CN1CCOCC1.COc1cccc(CN(C(=O)c2cc(-c3cc(Cl)ccc3C(=O)N3CCc4ccccc4C3)n3c2CCCC3)c2ccc(OCc3ccccc3)cc2)c1C. The number of hydrogen-bond acceptors (Lipinski definition) is 6. The predicted octanol–water partition coefficient (Wildman–Crippen LogP) is 10.0. The second kappa shape index (κ2) is 19.9. The Hall–Kier alpha value is -5.87. The smallest absolute Gasteiger partial charge is 0.260 e. The van der Waals surface area contributed by atoms with Gasteiger partial charge >= 0.3 is 0 Å². The Balaban J connectivity index is 0.000000689. The lowest BCUT2D eigenvalue weighted by atomic mass is 9.97.